The SMILES string of the molecule is Cc1ncc(-c2ccc3c(c2)c([C@H](C)O)nn3CC(=O)N2C3C[C@@H]3C[C@H]2C(=O)Nc2cccc(Br)n2)cn1. The van der Waals surface area contributed by atoms with Crippen molar-refractivity contribution >= 4 is 44.5 Å². The lowest BCUT2D eigenvalue weighted by molar-refractivity contribution is -0.138. The number of aromatic nitrogens is 5. The summed E-state index contributed by atoms with van der Waals surface area (Å²) in [5, 5.41) is 18.7. The zero-order chi connectivity index (χ0) is 26.6. The Labute approximate surface area is 227 Å². The number of carbonyl (C=O) groups is 2. The van der Waals surface area contributed by atoms with E-state index >= 15 is 0 Å². The molecular formula is C27H26BrN7O3. The number of anilines is 1. The van der Waals surface area contributed by atoms with Gasteiger partial charge in [0.05, 0.1) is 17.3 Å². The van der Waals surface area contributed by atoms with Crippen LogP contribution in [0.25, 0.3) is 22.0 Å². The number of fused-ring (bicyclic) bond motifs is 2. The summed E-state index contributed by atoms with van der Waals surface area (Å²) in [5.41, 5.74) is 2.97. The third kappa shape index (κ3) is 4.56. The molecule has 1 unspecified atom stereocenters. The molecule has 2 fully saturated rings. The van der Waals surface area contributed by atoms with Crippen molar-refractivity contribution in [3.63, 3.8) is 0 Å². The average Bonchev–Trinajstić information content (AvgIpc) is 3.39. The van der Waals surface area contributed by atoms with Crippen LogP contribution in [-0.2, 0) is 16.1 Å². The molecule has 0 bridgehead atoms. The zero-order valence-corrected chi connectivity index (χ0v) is 22.5. The molecule has 4 atom stereocenters. The summed E-state index contributed by atoms with van der Waals surface area (Å²) in [5.74, 6) is 1.05. The van der Waals surface area contributed by atoms with E-state index in [1.165, 1.54) is 0 Å². The molecule has 38 heavy (non-hydrogen) atoms. The van der Waals surface area contributed by atoms with Crippen molar-refractivity contribution in [3.05, 3.63) is 64.9 Å². The Balaban J connectivity index is 1.26. The number of hydrogen-bond acceptors (Lipinski definition) is 7. The molecule has 4 aromatic rings. The number of halogens is 1. The van der Waals surface area contributed by atoms with Gasteiger partial charge in [-0.25, -0.2) is 15.0 Å². The van der Waals surface area contributed by atoms with Crippen LogP contribution in [0, 0.1) is 12.8 Å². The summed E-state index contributed by atoms with van der Waals surface area (Å²) in [6, 6.07) is 10.6. The normalized spacial score (nSPS) is 20.8. The van der Waals surface area contributed by atoms with Gasteiger partial charge >= 0.3 is 0 Å². The monoisotopic (exact) mass is 575 g/mol. The van der Waals surface area contributed by atoms with Gasteiger partial charge in [0.25, 0.3) is 0 Å². The van der Waals surface area contributed by atoms with E-state index in [0.717, 1.165) is 28.5 Å². The molecule has 3 aromatic heterocycles. The van der Waals surface area contributed by atoms with E-state index in [0.29, 0.717) is 34.3 Å². The quantitative estimate of drug-likeness (QED) is 0.336. The van der Waals surface area contributed by atoms with Crippen LogP contribution >= 0.6 is 15.9 Å². The summed E-state index contributed by atoms with van der Waals surface area (Å²) < 4.78 is 2.24. The second-order valence-corrected chi connectivity index (χ2v) is 10.7. The summed E-state index contributed by atoms with van der Waals surface area (Å²) >= 11 is 3.32. The predicted octanol–water partition coefficient (Wildman–Crippen LogP) is 3.64. The first-order valence-electron chi connectivity index (χ1n) is 12.5. The maximum absolute atomic E-state index is 13.6. The first-order valence-corrected chi connectivity index (χ1v) is 13.3. The Morgan fingerprint density at radius 1 is 1.16 bits per heavy atom. The fourth-order valence-corrected chi connectivity index (χ4v) is 5.64. The highest BCUT2D eigenvalue weighted by molar-refractivity contribution is 9.10. The number of aliphatic hydroxyl groups is 1. The number of rotatable bonds is 6. The summed E-state index contributed by atoms with van der Waals surface area (Å²) in [4.78, 5) is 41.3. The number of likely N-dealkylation sites (tertiary alicyclic amines) is 1. The Kier molecular flexibility index (Phi) is 6.19. The number of pyridine rings is 1. The minimum absolute atomic E-state index is 0.0294. The van der Waals surface area contributed by atoms with Crippen LogP contribution in [0.5, 0.6) is 0 Å². The lowest BCUT2D eigenvalue weighted by Gasteiger charge is -2.26. The minimum Gasteiger partial charge on any atom is -0.387 e. The molecule has 2 aliphatic rings. The third-order valence-corrected chi connectivity index (χ3v) is 7.68. The lowest BCUT2D eigenvalue weighted by Crippen LogP contribution is -2.46. The number of hydrogen-bond donors (Lipinski definition) is 2. The van der Waals surface area contributed by atoms with E-state index in [4.69, 9.17) is 0 Å². The van der Waals surface area contributed by atoms with Crippen LogP contribution < -0.4 is 5.32 Å². The first kappa shape index (κ1) is 24.6. The Hall–Kier alpha value is -3.70. The average molecular weight is 576 g/mol. The molecule has 10 nitrogen and oxygen atoms in total. The van der Waals surface area contributed by atoms with Crippen molar-refractivity contribution in [2.75, 3.05) is 5.32 Å². The standard InChI is InChI=1S/C27H26BrN7O3/c1-14(36)26-19-8-16(18-11-29-15(2)30-12-18)6-7-20(19)34(33-26)13-25(37)35-21-9-17(21)10-22(35)27(38)32-24-5-3-4-23(28)31-24/h3-8,11-12,14,17,21-22,36H,9-10,13H2,1-2H3,(H,31,32,38)/t14-,17+,21?,22-/m0/s1. The third-order valence-electron chi connectivity index (χ3n) is 7.24. The van der Waals surface area contributed by atoms with E-state index in [2.05, 4.69) is 41.3 Å². The zero-order valence-electron chi connectivity index (χ0n) is 20.9. The van der Waals surface area contributed by atoms with Gasteiger partial charge in [0.1, 0.15) is 28.8 Å². The molecular weight excluding hydrogens is 550 g/mol. The number of piperidine rings is 1. The fraction of sp³-hybridized carbons (Fsp3) is 0.333. The van der Waals surface area contributed by atoms with E-state index in [1.807, 2.05) is 25.1 Å². The molecule has 1 saturated carbocycles. The van der Waals surface area contributed by atoms with Crippen LogP contribution in [-0.4, -0.2) is 58.6 Å². The highest BCUT2D eigenvalue weighted by atomic mass is 79.9. The van der Waals surface area contributed by atoms with Crippen LogP contribution in [0.15, 0.2) is 53.4 Å². The highest BCUT2D eigenvalue weighted by Gasteiger charge is 2.56. The molecule has 4 heterocycles. The number of benzene rings is 1. The van der Waals surface area contributed by atoms with E-state index < -0.39 is 12.1 Å². The molecule has 194 valence electrons. The van der Waals surface area contributed by atoms with Crippen LogP contribution in [0.1, 0.15) is 37.4 Å². The second-order valence-electron chi connectivity index (χ2n) is 9.92. The predicted molar refractivity (Wildman–Crippen MR) is 144 cm³/mol. The van der Waals surface area contributed by atoms with Crippen molar-refractivity contribution in [2.24, 2.45) is 5.92 Å². The van der Waals surface area contributed by atoms with Crippen molar-refractivity contribution in [1.29, 1.82) is 0 Å². The number of aryl methyl sites for hydroxylation is 1. The largest absolute Gasteiger partial charge is 0.387 e. The second kappa shape index (κ2) is 9.55. The number of nitrogens with one attached hydrogen (secondary N) is 1. The Morgan fingerprint density at radius 3 is 2.68 bits per heavy atom. The molecule has 11 heteroatoms. The van der Waals surface area contributed by atoms with Gasteiger partial charge in [-0.3, -0.25) is 14.3 Å². The van der Waals surface area contributed by atoms with Crippen molar-refractivity contribution in [1.82, 2.24) is 29.6 Å². The minimum atomic E-state index is -0.825. The van der Waals surface area contributed by atoms with Crippen LogP contribution in [0.4, 0.5) is 5.82 Å². The van der Waals surface area contributed by atoms with Gasteiger partial charge in [0.2, 0.25) is 11.8 Å². The highest BCUT2D eigenvalue weighted by Crippen LogP contribution is 2.48. The van der Waals surface area contributed by atoms with E-state index in [9.17, 15) is 14.7 Å². The topological polar surface area (TPSA) is 126 Å². The molecule has 0 radical (unpaired) electrons. The van der Waals surface area contributed by atoms with Gasteiger partial charge in [-0.05, 0) is 78.4 Å². The van der Waals surface area contributed by atoms with E-state index in [-0.39, 0.29) is 24.4 Å². The van der Waals surface area contributed by atoms with Crippen molar-refractivity contribution in [3.8, 4) is 11.1 Å². The van der Waals surface area contributed by atoms with Crippen molar-refractivity contribution in [2.45, 2.75) is 51.4 Å². The number of carbonyl (C=O) groups excluding carboxylic acids is 2. The maximum Gasteiger partial charge on any atom is 0.248 e. The van der Waals surface area contributed by atoms with Crippen molar-refractivity contribution < 1.29 is 14.7 Å². The molecule has 1 saturated heterocycles. The van der Waals surface area contributed by atoms with Gasteiger partial charge in [0, 0.05) is 29.4 Å². The van der Waals surface area contributed by atoms with Gasteiger partial charge < -0.3 is 15.3 Å². The lowest BCUT2D eigenvalue weighted by atomic mass is 10.0. The molecule has 1 aliphatic heterocycles. The van der Waals surface area contributed by atoms with Crippen LogP contribution in [0.2, 0.25) is 0 Å². The smallest absolute Gasteiger partial charge is 0.248 e. The van der Waals surface area contributed by atoms with Gasteiger partial charge in [-0.15, -0.1) is 0 Å². The molecule has 6 rings (SSSR count). The summed E-state index contributed by atoms with van der Waals surface area (Å²) in [6.07, 6.45) is 4.23. The maximum atomic E-state index is 13.6. The van der Waals surface area contributed by atoms with Gasteiger partial charge in [-0.1, -0.05) is 12.1 Å². The summed E-state index contributed by atoms with van der Waals surface area (Å²) in [6.45, 7) is 3.45. The molecule has 0 spiro atoms. The fourth-order valence-electron chi connectivity index (χ4n) is 5.30. The Morgan fingerprint density at radius 2 is 1.95 bits per heavy atom. The van der Waals surface area contributed by atoms with E-state index in [1.54, 1.807) is 47.1 Å². The van der Waals surface area contributed by atoms with Gasteiger partial charge in [0.15, 0.2) is 0 Å². The Bertz CT molecular complexity index is 1550. The number of amides is 2. The number of nitrogens with zero attached hydrogens (tertiary/aromatic N) is 6. The molecule has 1 aliphatic carbocycles. The number of aliphatic hydroxyl groups excluding tert-OH is 1. The molecule has 2 N–H and O–H groups in total. The van der Waals surface area contributed by atoms with Crippen LogP contribution in [0.3, 0.4) is 0 Å². The summed E-state index contributed by atoms with van der Waals surface area (Å²) in [7, 11) is 0. The van der Waals surface area contributed by atoms with Gasteiger partial charge in [-0.2, -0.15) is 5.10 Å². The first-order chi connectivity index (χ1) is 18.3. The molecule has 1 aromatic carbocycles. The molecule has 2 amide bonds.